The maximum atomic E-state index is 14.4. The van der Waals surface area contributed by atoms with Crippen LogP contribution >= 0.6 is 11.6 Å². The fourth-order valence-electron chi connectivity index (χ4n) is 7.25. The summed E-state index contributed by atoms with van der Waals surface area (Å²) in [6.45, 7) is 3.20. The second-order valence-electron chi connectivity index (χ2n) is 13.0. The van der Waals surface area contributed by atoms with Gasteiger partial charge in [0.05, 0.1) is 17.4 Å². The molecule has 1 saturated heterocycles. The Morgan fingerprint density at radius 2 is 1.93 bits per heavy atom. The quantitative estimate of drug-likeness (QED) is 0.510. The van der Waals surface area contributed by atoms with Crippen molar-refractivity contribution < 1.29 is 24.2 Å². The van der Waals surface area contributed by atoms with E-state index < -0.39 is 23.3 Å². The number of pyridine rings is 1. The third-order valence-electron chi connectivity index (χ3n) is 10.2. The minimum Gasteiger partial charge on any atom is -0.489 e. The summed E-state index contributed by atoms with van der Waals surface area (Å²) in [6, 6.07) is 6.40. The normalized spacial score (nSPS) is 26.3. The maximum Gasteiger partial charge on any atom is 0.310 e. The van der Waals surface area contributed by atoms with E-state index in [9.17, 15) is 24.3 Å². The molecule has 1 aromatic carbocycles. The first-order valence-corrected chi connectivity index (χ1v) is 15.3. The number of rotatable bonds is 7. The van der Waals surface area contributed by atoms with Crippen LogP contribution in [0.5, 0.6) is 5.75 Å². The molecule has 224 valence electrons. The van der Waals surface area contributed by atoms with Crippen molar-refractivity contribution in [2.75, 3.05) is 19.6 Å². The van der Waals surface area contributed by atoms with E-state index in [0.29, 0.717) is 61.7 Å². The first kappa shape index (κ1) is 28.8. The lowest BCUT2D eigenvalue weighted by Gasteiger charge is -2.45. The van der Waals surface area contributed by atoms with Crippen LogP contribution in [0.2, 0.25) is 5.02 Å². The Balaban J connectivity index is 1.38. The topological polar surface area (TPSA) is 109 Å². The predicted molar refractivity (Wildman–Crippen MR) is 156 cm³/mol. The van der Waals surface area contributed by atoms with Crippen LogP contribution in [-0.2, 0) is 34.5 Å². The molecule has 42 heavy (non-hydrogen) atoms. The summed E-state index contributed by atoms with van der Waals surface area (Å²) in [6.07, 6.45) is 7.35. The Morgan fingerprint density at radius 1 is 1.14 bits per heavy atom. The number of likely N-dealkylation sites (tertiary alicyclic amines) is 1. The van der Waals surface area contributed by atoms with Gasteiger partial charge in [-0.15, -0.1) is 0 Å². The zero-order chi connectivity index (χ0) is 29.8. The molecule has 9 nitrogen and oxygen atoms in total. The van der Waals surface area contributed by atoms with Crippen molar-refractivity contribution in [3.05, 3.63) is 62.5 Å². The summed E-state index contributed by atoms with van der Waals surface area (Å²) in [5.41, 5.74) is 1.13. The zero-order valence-corrected chi connectivity index (χ0v) is 25.0. The van der Waals surface area contributed by atoms with Gasteiger partial charge in [-0.1, -0.05) is 24.4 Å². The minimum atomic E-state index is -1.14. The number of hydrogen-bond donors (Lipinski definition) is 1. The van der Waals surface area contributed by atoms with Gasteiger partial charge in [0.25, 0.3) is 5.56 Å². The Hall–Kier alpha value is -3.33. The molecule has 1 N–H and O–H groups in total. The van der Waals surface area contributed by atoms with Gasteiger partial charge in [0.2, 0.25) is 11.8 Å². The molecular weight excluding hydrogens is 558 g/mol. The average Bonchev–Trinajstić information content (AvgIpc) is 3.64. The van der Waals surface area contributed by atoms with Crippen LogP contribution in [0, 0.1) is 16.7 Å². The van der Waals surface area contributed by atoms with Crippen LogP contribution in [0.15, 0.2) is 35.3 Å². The van der Waals surface area contributed by atoms with Gasteiger partial charge >= 0.3 is 5.97 Å². The molecule has 0 unspecified atom stereocenters. The monoisotopic (exact) mass is 595 g/mol. The Kier molecular flexibility index (Phi) is 7.36. The fourth-order valence-corrected chi connectivity index (χ4v) is 7.51. The number of aryl methyl sites for hydroxylation is 1. The molecule has 1 spiro atoms. The molecule has 3 fully saturated rings. The highest BCUT2D eigenvalue weighted by Gasteiger charge is 2.53. The summed E-state index contributed by atoms with van der Waals surface area (Å²) < 4.78 is 7.81. The number of amides is 2. The predicted octanol–water partition coefficient (Wildman–Crippen LogP) is 4.34. The number of carbonyl (C=O) groups is 3. The van der Waals surface area contributed by atoms with E-state index in [1.54, 1.807) is 37.2 Å². The molecule has 2 saturated carbocycles. The summed E-state index contributed by atoms with van der Waals surface area (Å²) in [7, 11) is 1.69. The largest absolute Gasteiger partial charge is 0.489 e. The molecule has 1 aromatic heterocycles. The molecule has 2 aliphatic heterocycles. The van der Waals surface area contributed by atoms with Crippen LogP contribution in [0.3, 0.4) is 0 Å². The summed E-state index contributed by atoms with van der Waals surface area (Å²) in [4.78, 5) is 55.8. The Morgan fingerprint density at radius 3 is 2.62 bits per heavy atom. The van der Waals surface area contributed by atoms with E-state index >= 15 is 0 Å². The van der Waals surface area contributed by atoms with E-state index in [-0.39, 0.29) is 29.4 Å². The summed E-state index contributed by atoms with van der Waals surface area (Å²) in [5.74, 6) is -1.14. The van der Waals surface area contributed by atoms with Crippen molar-refractivity contribution in [1.82, 2.24) is 14.4 Å². The van der Waals surface area contributed by atoms with E-state index in [0.717, 1.165) is 36.8 Å². The number of nitrogens with zero attached hydrogens (tertiary/aromatic N) is 3. The molecule has 2 aromatic rings. The van der Waals surface area contributed by atoms with Gasteiger partial charge in [-0.2, -0.15) is 0 Å². The number of ether oxygens (including phenoxy) is 1. The molecule has 0 bridgehead atoms. The molecule has 2 amide bonds. The van der Waals surface area contributed by atoms with Crippen molar-refractivity contribution >= 4 is 29.4 Å². The second-order valence-corrected chi connectivity index (χ2v) is 13.4. The second kappa shape index (κ2) is 10.7. The SMILES string of the molecule is Cn1ccc(COc2ccc(Cl)c3c2[C@@H](CN2CC4(CC4)CC2=O)N(C(=O)[C@@H]2CCCC[C@]2(C)C(=O)O)CC3)cc1=O. The number of aliphatic carboxylic acids is 1. The molecule has 3 atom stereocenters. The number of halogens is 1. The van der Waals surface area contributed by atoms with Crippen molar-refractivity contribution in [1.29, 1.82) is 0 Å². The smallest absolute Gasteiger partial charge is 0.310 e. The third kappa shape index (κ3) is 5.10. The van der Waals surface area contributed by atoms with Gasteiger partial charge in [0.15, 0.2) is 0 Å². The van der Waals surface area contributed by atoms with Crippen molar-refractivity contribution in [3.63, 3.8) is 0 Å². The van der Waals surface area contributed by atoms with Gasteiger partial charge in [-0.25, -0.2) is 0 Å². The minimum absolute atomic E-state index is 0.0574. The van der Waals surface area contributed by atoms with Crippen molar-refractivity contribution in [2.24, 2.45) is 23.8 Å². The number of carbonyl (C=O) groups excluding carboxylic acids is 2. The highest BCUT2D eigenvalue weighted by molar-refractivity contribution is 6.31. The van der Waals surface area contributed by atoms with Crippen LogP contribution in [0.25, 0.3) is 0 Å². The number of benzene rings is 1. The van der Waals surface area contributed by atoms with Crippen molar-refractivity contribution in [3.8, 4) is 5.75 Å². The van der Waals surface area contributed by atoms with Gasteiger partial charge in [0, 0.05) is 56.0 Å². The first-order valence-electron chi connectivity index (χ1n) is 14.9. The van der Waals surface area contributed by atoms with Gasteiger partial charge in [-0.05, 0) is 73.8 Å². The molecule has 3 heterocycles. The lowest BCUT2D eigenvalue weighted by molar-refractivity contribution is -0.162. The zero-order valence-electron chi connectivity index (χ0n) is 24.2. The summed E-state index contributed by atoms with van der Waals surface area (Å²) in [5, 5.41) is 10.8. The number of aromatic nitrogens is 1. The summed E-state index contributed by atoms with van der Waals surface area (Å²) >= 11 is 6.74. The van der Waals surface area contributed by atoms with Crippen LogP contribution in [-0.4, -0.2) is 56.9 Å². The molecule has 6 rings (SSSR count). The van der Waals surface area contributed by atoms with E-state index in [1.807, 2.05) is 11.0 Å². The fraction of sp³-hybridized carbons (Fsp3) is 0.562. The molecule has 4 aliphatic rings. The number of carboxylic acids is 1. The first-order chi connectivity index (χ1) is 20.0. The lowest BCUT2D eigenvalue weighted by Crippen LogP contribution is -2.52. The van der Waals surface area contributed by atoms with Gasteiger partial charge < -0.3 is 24.2 Å². The van der Waals surface area contributed by atoms with E-state index in [2.05, 4.69) is 0 Å². The van der Waals surface area contributed by atoms with Crippen molar-refractivity contribution in [2.45, 2.75) is 70.9 Å². The number of hydrogen-bond acceptors (Lipinski definition) is 5. The van der Waals surface area contributed by atoms with Crippen LogP contribution in [0.1, 0.15) is 74.6 Å². The highest BCUT2D eigenvalue weighted by atomic mass is 35.5. The maximum absolute atomic E-state index is 14.4. The van der Waals surface area contributed by atoms with Crippen LogP contribution in [0.4, 0.5) is 0 Å². The Bertz CT molecular complexity index is 1500. The Labute approximate surface area is 250 Å². The van der Waals surface area contributed by atoms with E-state index in [4.69, 9.17) is 16.3 Å². The van der Waals surface area contributed by atoms with E-state index in [1.165, 1.54) is 10.6 Å². The van der Waals surface area contributed by atoms with Gasteiger partial charge in [-0.3, -0.25) is 19.2 Å². The van der Waals surface area contributed by atoms with Crippen LogP contribution < -0.4 is 10.3 Å². The molecule has 2 aliphatic carbocycles. The lowest BCUT2D eigenvalue weighted by atomic mass is 9.66. The third-order valence-corrected chi connectivity index (χ3v) is 10.5. The number of fused-ring (bicyclic) bond motifs is 1. The highest BCUT2D eigenvalue weighted by Crippen LogP contribution is 2.54. The molecule has 10 heteroatoms. The number of carboxylic acid groups (broad SMARTS) is 1. The standard InChI is InChI=1S/C32H38ClN3O6/c1-31(30(40)41)10-4-3-5-22(31)29(39)36-14-9-21-23(33)6-7-25(42-18-20-8-13-34(2)26(37)15-20)28(21)24(36)17-35-19-32(11-12-32)16-27(35)38/h6-8,13,15,22,24H,3-5,9-12,14,16-19H2,1-2H3,(H,40,41)/t22-,24+,31-/m0/s1. The molecule has 0 radical (unpaired) electrons. The average molecular weight is 596 g/mol. The van der Waals surface area contributed by atoms with Gasteiger partial charge in [0.1, 0.15) is 12.4 Å². The molecular formula is C32H38ClN3O6.